The van der Waals surface area contributed by atoms with Crippen molar-refractivity contribution in [2.75, 3.05) is 6.26 Å². The number of nitrogens with zero attached hydrogens (tertiary/aromatic N) is 1. The summed E-state index contributed by atoms with van der Waals surface area (Å²) in [5.74, 6) is 0. The van der Waals surface area contributed by atoms with Gasteiger partial charge in [0, 0.05) is 11.2 Å². The maximum absolute atomic E-state index is 11.8. The monoisotopic (exact) mass is 213 g/mol. The van der Waals surface area contributed by atoms with Gasteiger partial charge in [0.1, 0.15) is 0 Å². The first-order valence-electron chi connectivity index (χ1n) is 3.93. The second kappa shape index (κ2) is 3.79. The van der Waals surface area contributed by atoms with Crippen LogP contribution in [0.25, 0.3) is 0 Å². The Morgan fingerprint density at radius 1 is 1.36 bits per heavy atom. The number of carboxylic acid groups (broad SMARTS) is 1. The Kier molecular flexibility index (Phi) is 2.90. The lowest BCUT2D eigenvalue weighted by Gasteiger charge is -2.02. The summed E-state index contributed by atoms with van der Waals surface area (Å²) in [5.41, 5.74) is 1.03. The Hall–Kier alpha value is -1.36. The Morgan fingerprint density at radius 3 is 2.29 bits per heavy atom. The van der Waals surface area contributed by atoms with Crippen LogP contribution in [0.15, 0.2) is 33.5 Å². The second-order valence-corrected chi connectivity index (χ2v) is 5.25. The SMILES string of the molecule is Cc1ccc(S(C)(=O)=NC(=O)O)cc1. The minimum atomic E-state index is -2.80. The molecule has 14 heavy (non-hydrogen) atoms. The van der Waals surface area contributed by atoms with Crippen LogP contribution < -0.4 is 0 Å². The molecule has 0 aliphatic rings. The molecule has 1 aromatic rings. The maximum Gasteiger partial charge on any atom is 0.439 e. The lowest BCUT2D eigenvalue weighted by atomic mass is 10.2. The van der Waals surface area contributed by atoms with Crippen LogP contribution in [0, 0.1) is 6.92 Å². The van der Waals surface area contributed by atoms with Crippen molar-refractivity contribution in [3.8, 4) is 0 Å². The van der Waals surface area contributed by atoms with Crippen LogP contribution >= 0.6 is 0 Å². The summed E-state index contributed by atoms with van der Waals surface area (Å²) in [6.45, 7) is 1.90. The summed E-state index contributed by atoms with van der Waals surface area (Å²) in [6.07, 6.45) is -0.0933. The van der Waals surface area contributed by atoms with Gasteiger partial charge in [0.25, 0.3) is 0 Å². The molecule has 0 aliphatic heterocycles. The molecule has 0 aromatic heterocycles. The number of hydrogen-bond acceptors (Lipinski definition) is 2. The minimum absolute atomic E-state index is 0.436. The van der Waals surface area contributed by atoms with Gasteiger partial charge in [0.2, 0.25) is 0 Å². The largest absolute Gasteiger partial charge is 0.463 e. The van der Waals surface area contributed by atoms with Gasteiger partial charge in [0.15, 0.2) is 0 Å². The third kappa shape index (κ3) is 2.56. The Morgan fingerprint density at radius 2 is 1.86 bits per heavy atom. The smallest absolute Gasteiger partial charge is 0.439 e. The minimum Gasteiger partial charge on any atom is -0.463 e. The molecule has 1 aromatic carbocycles. The molecule has 1 N–H and O–H groups in total. The zero-order chi connectivity index (χ0) is 10.8. The van der Waals surface area contributed by atoms with Crippen molar-refractivity contribution in [3.63, 3.8) is 0 Å². The van der Waals surface area contributed by atoms with E-state index in [0.29, 0.717) is 4.90 Å². The summed E-state index contributed by atoms with van der Waals surface area (Å²) in [6, 6.07) is 6.81. The molecule has 1 atom stereocenters. The Labute approximate surface area is 82.8 Å². The number of aryl methyl sites for hydroxylation is 1. The lowest BCUT2D eigenvalue weighted by Crippen LogP contribution is -2.01. The zero-order valence-corrected chi connectivity index (χ0v) is 8.75. The average molecular weight is 213 g/mol. The van der Waals surface area contributed by atoms with Crippen LogP contribution in [0.2, 0.25) is 0 Å². The Bertz CT molecular complexity index is 455. The van der Waals surface area contributed by atoms with E-state index < -0.39 is 15.8 Å². The van der Waals surface area contributed by atoms with Gasteiger partial charge in [-0.25, -0.2) is 9.00 Å². The third-order valence-corrected chi connectivity index (χ3v) is 3.36. The number of hydrogen-bond donors (Lipinski definition) is 1. The van der Waals surface area contributed by atoms with E-state index in [1.54, 1.807) is 24.3 Å². The van der Waals surface area contributed by atoms with E-state index in [2.05, 4.69) is 4.36 Å². The predicted molar refractivity (Wildman–Crippen MR) is 54.0 cm³/mol. The molecule has 0 aliphatic carbocycles. The van der Waals surface area contributed by atoms with Crippen molar-refractivity contribution in [1.82, 2.24) is 0 Å². The van der Waals surface area contributed by atoms with E-state index in [9.17, 15) is 9.00 Å². The highest BCUT2D eigenvalue weighted by Crippen LogP contribution is 2.12. The standard InChI is InChI=1S/C9H11NO3S/c1-7-3-5-8(6-4-7)14(2,13)10-9(11)12/h3-6H,1-2H3,(H,11,12). The fraction of sp³-hybridized carbons (Fsp3) is 0.222. The summed E-state index contributed by atoms with van der Waals surface area (Å²) in [4.78, 5) is 10.7. The predicted octanol–water partition coefficient (Wildman–Crippen LogP) is 2.13. The van der Waals surface area contributed by atoms with Gasteiger partial charge >= 0.3 is 6.09 Å². The van der Waals surface area contributed by atoms with Gasteiger partial charge < -0.3 is 5.11 Å². The van der Waals surface area contributed by atoms with Gasteiger partial charge in [0.05, 0.1) is 9.73 Å². The van der Waals surface area contributed by atoms with Gasteiger partial charge in [-0.1, -0.05) is 17.7 Å². The fourth-order valence-corrected chi connectivity index (χ4v) is 2.04. The molecule has 0 saturated carbocycles. The topological polar surface area (TPSA) is 66.7 Å². The summed E-state index contributed by atoms with van der Waals surface area (Å²) in [5, 5.41) is 8.42. The first-order valence-corrected chi connectivity index (χ1v) is 5.86. The molecule has 0 heterocycles. The molecular formula is C9H11NO3S. The van der Waals surface area contributed by atoms with Crippen LogP contribution in [0.3, 0.4) is 0 Å². The quantitative estimate of drug-likeness (QED) is 0.777. The molecule has 0 fully saturated rings. The maximum atomic E-state index is 11.8. The Balaban J connectivity index is 3.24. The molecule has 1 rings (SSSR count). The molecule has 1 amide bonds. The van der Waals surface area contributed by atoms with Crippen molar-refractivity contribution in [3.05, 3.63) is 29.8 Å². The van der Waals surface area contributed by atoms with E-state index in [1.807, 2.05) is 6.92 Å². The van der Waals surface area contributed by atoms with Crippen LogP contribution in [0.5, 0.6) is 0 Å². The number of amides is 1. The van der Waals surface area contributed by atoms with Gasteiger partial charge in [-0.05, 0) is 19.1 Å². The van der Waals surface area contributed by atoms with E-state index in [4.69, 9.17) is 5.11 Å². The molecule has 0 radical (unpaired) electrons. The van der Waals surface area contributed by atoms with Crippen molar-refractivity contribution in [2.45, 2.75) is 11.8 Å². The highest BCUT2D eigenvalue weighted by atomic mass is 32.2. The number of carbonyl (C=O) groups is 1. The van der Waals surface area contributed by atoms with Crippen LogP contribution in [-0.2, 0) is 9.73 Å². The zero-order valence-electron chi connectivity index (χ0n) is 7.93. The second-order valence-electron chi connectivity index (χ2n) is 2.99. The van der Waals surface area contributed by atoms with E-state index >= 15 is 0 Å². The van der Waals surface area contributed by atoms with Crippen molar-refractivity contribution in [2.24, 2.45) is 4.36 Å². The van der Waals surface area contributed by atoms with E-state index in [0.717, 1.165) is 5.56 Å². The molecule has 0 spiro atoms. The van der Waals surface area contributed by atoms with Crippen LogP contribution in [0.1, 0.15) is 5.56 Å². The first-order chi connectivity index (χ1) is 6.42. The average Bonchev–Trinajstić information content (AvgIpc) is 2.02. The molecule has 1 unspecified atom stereocenters. The van der Waals surface area contributed by atoms with Crippen LogP contribution in [0.4, 0.5) is 4.79 Å². The molecular weight excluding hydrogens is 202 g/mol. The molecule has 0 saturated heterocycles. The van der Waals surface area contributed by atoms with Gasteiger partial charge in [-0.3, -0.25) is 0 Å². The number of rotatable bonds is 1. The molecule has 76 valence electrons. The van der Waals surface area contributed by atoms with Crippen molar-refractivity contribution in [1.29, 1.82) is 0 Å². The summed E-state index contributed by atoms with van der Waals surface area (Å²) in [7, 11) is -2.80. The fourth-order valence-electron chi connectivity index (χ4n) is 0.992. The van der Waals surface area contributed by atoms with Crippen molar-refractivity contribution >= 4 is 15.8 Å². The van der Waals surface area contributed by atoms with Crippen LogP contribution in [-0.4, -0.2) is 21.7 Å². The molecule has 5 heteroatoms. The lowest BCUT2D eigenvalue weighted by molar-refractivity contribution is 0.206. The van der Waals surface area contributed by atoms with Gasteiger partial charge in [-0.2, -0.15) is 0 Å². The highest BCUT2D eigenvalue weighted by Gasteiger charge is 2.07. The van der Waals surface area contributed by atoms with E-state index in [-0.39, 0.29) is 0 Å². The molecule has 0 bridgehead atoms. The summed E-state index contributed by atoms with van der Waals surface area (Å²) >= 11 is 0. The highest BCUT2D eigenvalue weighted by molar-refractivity contribution is 7.93. The van der Waals surface area contributed by atoms with E-state index in [1.165, 1.54) is 6.26 Å². The summed E-state index contributed by atoms with van der Waals surface area (Å²) < 4.78 is 14.9. The number of benzene rings is 1. The molecule has 4 nitrogen and oxygen atoms in total. The first kappa shape index (κ1) is 10.7. The third-order valence-electron chi connectivity index (χ3n) is 1.71. The van der Waals surface area contributed by atoms with Gasteiger partial charge in [-0.15, -0.1) is 4.36 Å². The van der Waals surface area contributed by atoms with Crippen molar-refractivity contribution < 1.29 is 14.1 Å². The normalized spacial score (nSPS) is 14.4.